The lowest BCUT2D eigenvalue weighted by molar-refractivity contribution is -0.115. The summed E-state index contributed by atoms with van der Waals surface area (Å²) in [4.78, 5) is 11.7. The lowest BCUT2D eigenvalue weighted by atomic mass is 10.0. The van der Waals surface area contributed by atoms with Gasteiger partial charge in [-0.1, -0.05) is 6.92 Å². The molecule has 0 bridgehead atoms. The third-order valence-electron chi connectivity index (χ3n) is 3.68. The summed E-state index contributed by atoms with van der Waals surface area (Å²) in [6.07, 6.45) is 1.66. The van der Waals surface area contributed by atoms with E-state index in [0.717, 1.165) is 18.9 Å². The molecule has 1 saturated heterocycles. The summed E-state index contributed by atoms with van der Waals surface area (Å²) in [7, 11) is -3.83. The molecule has 1 heterocycles. The number of piperidine rings is 1. The number of nitrogens with zero attached hydrogens (tertiary/aromatic N) is 1. The lowest BCUT2D eigenvalue weighted by Crippen LogP contribution is -2.47. The van der Waals surface area contributed by atoms with Crippen LogP contribution >= 0.6 is 0 Å². The molecule has 134 valence electrons. The largest absolute Gasteiger partial charge is 0.322 e. The highest BCUT2D eigenvalue weighted by atomic mass is 32.2. The van der Waals surface area contributed by atoms with E-state index < -0.39 is 45.8 Å². The van der Waals surface area contributed by atoms with Gasteiger partial charge in [0.1, 0.15) is 0 Å². The Morgan fingerprint density at radius 3 is 2.67 bits per heavy atom. The van der Waals surface area contributed by atoms with E-state index in [1.165, 1.54) is 4.31 Å². The van der Waals surface area contributed by atoms with Crippen LogP contribution in [0.1, 0.15) is 19.8 Å². The van der Waals surface area contributed by atoms with Gasteiger partial charge >= 0.3 is 0 Å². The molecule has 0 spiro atoms. The third kappa shape index (κ3) is 4.46. The van der Waals surface area contributed by atoms with E-state index in [2.05, 4.69) is 4.72 Å². The molecule has 1 aromatic carbocycles. The zero-order valence-corrected chi connectivity index (χ0v) is 13.8. The van der Waals surface area contributed by atoms with Crippen LogP contribution in [-0.2, 0) is 15.0 Å². The molecule has 1 unspecified atom stereocenters. The van der Waals surface area contributed by atoms with Gasteiger partial charge in [-0.15, -0.1) is 0 Å². The van der Waals surface area contributed by atoms with Gasteiger partial charge < -0.3 is 5.32 Å². The van der Waals surface area contributed by atoms with Gasteiger partial charge in [0, 0.05) is 13.1 Å². The van der Waals surface area contributed by atoms with Crippen molar-refractivity contribution in [1.82, 2.24) is 9.03 Å². The molecule has 1 aromatic rings. The van der Waals surface area contributed by atoms with Crippen LogP contribution < -0.4 is 10.0 Å². The van der Waals surface area contributed by atoms with E-state index in [1.807, 2.05) is 12.2 Å². The first-order valence-electron chi connectivity index (χ1n) is 7.39. The van der Waals surface area contributed by atoms with Gasteiger partial charge in [-0.3, -0.25) is 4.79 Å². The zero-order valence-electron chi connectivity index (χ0n) is 13.0. The molecular weight excluding hydrogens is 347 g/mol. The van der Waals surface area contributed by atoms with Crippen molar-refractivity contribution in [1.29, 1.82) is 0 Å². The molecule has 10 heteroatoms. The minimum atomic E-state index is -3.83. The molecule has 1 fully saturated rings. The number of hydrogen-bond donors (Lipinski definition) is 2. The third-order valence-corrected chi connectivity index (χ3v) is 5.20. The molecule has 2 N–H and O–H groups in total. The molecule has 1 aliphatic heterocycles. The minimum Gasteiger partial charge on any atom is -0.322 e. The Kier molecular flexibility index (Phi) is 5.83. The second-order valence-electron chi connectivity index (χ2n) is 5.70. The number of benzene rings is 1. The number of carbonyl (C=O) groups excluding carboxylic acids is 1. The summed E-state index contributed by atoms with van der Waals surface area (Å²) in [6.45, 7) is 2.00. The average Bonchev–Trinajstić information content (AvgIpc) is 2.54. The summed E-state index contributed by atoms with van der Waals surface area (Å²) in [5.41, 5.74) is -0.565. The monoisotopic (exact) mass is 365 g/mol. The second kappa shape index (κ2) is 7.49. The highest BCUT2D eigenvalue weighted by Crippen LogP contribution is 2.20. The maximum absolute atomic E-state index is 13.5. The van der Waals surface area contributed by atoms with Crippen LogP contribution in [0.2, 0.25) is 0 Å². The maximum atomic E-state index is 13.5. The Bertz CT molecular complexity index is 727. The first kappa shape index (κ1) is 18.7. The molecule has 0 aromatic heterocycles. The fourth-order valence-electron chi connectivity index (χ4n) is 2.43. The highest BCUT2D eigenvalue weighted by molar-refractivity contribution is 7.87. The van der Waals surface area contributed by atoms with Crippen LogP contribution in [0, 0.1) is 23.4 Å². The smallest absolute Gasteiger partial charge is 0.279 e. The highest BCUT2D eigenvalue weighted by Gasteiger charge is 2.27. The number of carbonyl (C=O) groups is 1. The number of hydrogen-bond acceptors (Lipinski definition) is 3. The fourth-order valence-corrected chi connectivity index (χ4v) is 3.75. The Morgan fingerprint density at radius 1 is 1.29 bits per heavy atom. The predicted octanol–water partition coefficient (Wildman–Crippen LogP) is 1.61. The standard InChI is InChI=1S/C14H18F3N3O3S/c1-9-3-2-6-20(8-9)24(22,23)18-7-12(21)19-11-5-4-10(15)13(16)14(11)17/h4-5,9,18H,2-3,6-8H2,1H3,(H,19,21). The topological polar surface area (TPSA) is 78.5 Å². The quantitative estimate of drug-likeness (QED) is 0.778. The van der Waals surface area contributed by atoms with Crippen LogP contribution in [0.5, 0.6) is 0 Å². The molecule has 1 aliphatic rings. The van der Waals surface area contributed by atoms with Crippen molar-refractivity contribution in [2.75, 3.05) is 25.0 Å². The SMILES string of the molecule is CC1CCCN(S(=O)(=O)NCC(=O)Nc2ccc(F)c(F)c2F)C1. The molecule has 0 aliphatic carbocycles. The molecule has 1 amide bonds. The van der Waals surface area contributed by atoms with Crippen LogP contribution in [-0.4, -0.2) is 38.3 Å². The summed E-state index contributed by atoms with van der Waals surface area (Å²) in [6, 6.07) is 1.51. The minimum absolute atomic E-state index is 0.223. The number of rotatable bonds is 5. The van der Waals surface area contributed by atoms with Gasteiger partial charge in [-0.05, 0) is 30.9 Å². The van der Waals surface area contributed by atoms with Crippen molar-refractivity contribution >= 4 is 21.8 Å². The molecule has 24 heavy (non-hydrogen) atoms. The molecule has 6 nitrogen and oxygen atoms in total. The Morgan fingerprint density at radius 2 is 2.00 bits per heavy atom. The van der Waals surface area contributed by atoms with E-state index in [4.69, 9.17) is 0 Å². The molecule has 0 saturated carbocycles. The van der Waals surface area contributed by atoms with Crippen molar-refractivity contribution < 1.29 is 26.4 Å². The van der Waals surface area contributed by atoms with Crippen LogP contribution in [0.15, 0.2) is 12.1 Å². The van der Waals surface area contributed by atoms with Crippen molar-refractivity contribution in [3.05, 3.63) is 29.6 Å². The molecular formula is C14H18F3N3O3S. The van der Waals surface area contributed by atoms with Gasteiger partial charge in [0.2, 0.25) is 5.91 Å². The average molecular weight is 365 g/mol. The van der Waals surface area contributed by atoms with Crippen molar-refractivity contribution in [3.63, 3.8) is 0 Å². The van der Waals surface area contributed by atoms with Crippen molar-refractivity contribution in [2.45, 2.75) is 19.8 Å². The number of anilines is 1. The summed E-state index contributed by atoms with van der Waals surface area (Å²) in [5, 5.41) is 2.00. The van der Waals surface area contributed by atoms with E-state index in [1.54, 1.807) is 0 Å². The van der Waals surface area contributed by atoms with Crippen LogP contribution in [0.4, 0.5) is 18.9 Å². The fraction of sp³-hybridized carbons (Fsp3) is 0.500. The van der Waals surface area contributed by atoms with Gasteiger partial charge in [-0.2, -0.15) is 17.4 Å². The second-order valence-corrected chi connectivity index (χ2v) is 7.46. The van der Waals surface area contributed by atoms with E-state index in [0.29, 0.717) is 19.2 Å². The van der Waals surface area contributed by atoms with Crippen molar-refractivity contribution in [2.24, 2.45) is 5.92 Å². The van der Waals surface area contributed by atoms with E-state index >= 15 is 0 Å². The van der Waals surface area contributed by atoms with Gasteiger partial charge in [0.25, 0.3) is 10.2 Å². The molecule has 0 radical (unpaired) electrons. The van der Waals surface area contributed by atoms with Crippen molar-refractivity contribution in [3.8, 4) is 0 Å². The van der Waals surface area contributed by atoms with E-state index in [9.17, 15) is 26.4 Å². The Balaban J connectivity index is 1.94. The number of nitrogens with one attached hydrogen (secondary N) is 2. The van der Waals surface area contributed by atoms with Crippen LogP contribution in [0.3, 0.4) is 0 Å². The Hall–Kier alpha value is -1.65. The number of amides is 1. The lowest BCUT2D eigenvalue weighted by Gasteiger charge is -2.29. The first-order chi connectivity index (χ1) is 11.2. The summed E-state index contributed by atoms with van der Waals surface area (Å²) >= 11 is 0. The normalized spacial score (nSPS) is 19.2. The maximum Gasteiger partial charge on any atom is 0.279 e. The predicted molar refractivity (Wildman–Crippen MR) is 81.8 cm³/mol. The van der Waals surface area contributed by atoms with Gasteiger partial charge in [-0.25, -0.2) is 13.2 Å². The van der Waals surface area contributed by atoms with E-state index in [-0.39, 0.29) is 5.92 Å². The Labute approximate surface area is 138 Å². The van der Waals surface area contributed by atoms with Gasteiger partial charge in [0.15, 0.2) is 17.5 Å². The summed E-state index contributed by atoms with van der Waals surface area (Å²) in [5.74, 6) is -5.31. The molecule has 1 atom stereocenters. The summed E-state index contributed by atoms with van der Waals surface area (Å²) < 4.78 is 66.9. The van der Waals surface area contributed by atoms with Crippen LogP contribution in [0.25, 0.3) is 0 Å². The molecule has 2 rings (SSSR count). The number of halogens is 3. The zero-order chi connectivity index (χ0) is 17.9. The van der Waals surface area contributed by atoms with Gasteiger partial charge in [0.05, 0.1) is 12.2 Å². The first-order valence-corrected chi connectivity index (χ1v) is 8.83.